The molecule has 0 heterocycles. The Kier molecular flexibility index (Phi) is 5.90. The molecule has 4 rings (SSSR count). The normalized spacial score (nSPS) is 12.9. The zero-order valence-electron chi connectivity index (χ0n) is 17.2. The number of hydrogen-bond donors (Lipinski definition) is 0. The summed E-state index contributed by atoms with van der Waals surface area (Å²) in [4.78, 5) is 0. The Morgan fingerprint density at radius 2 is 0.967 bits per heavy atom. The maximum atomic E-state index is 8.21. The summed E-state index contributed by atoms with van der Waals surface area (Å²) in [5.41, 5.74) is 3.85. The van der Waals surface area contributed by atoms with E-state index in [4.69, 9.17) is 11.2 Å². The molecule has 0 saturated carbocycles. The molecule has 0 aromatic heterocycles. The van der Waals surface area contributed by atoms with Crippen molar-refractivity contribution in [1.82, 2.24) is 0 Å². The van der Waals surface area contributed by atoms with Gasteiger partial charge in [-0.3, -0.25) is 0 Å². The Balaban J connectivity index is 2.12. The second-order valence-electron chi connectivity index (χ2n) is 7.87. The van der Waals surface area contributed by atoms with E-state index in [1.54, 1.807) is 0 Å². The molecule has 30 heavy (non-hydrogen) atoms. The van der Waals surface area contributed by atoms with E-state index in [1.165, 1.54) is 32.6 Å². The van der Waals surface area contributed by atoms with E-state index >= 15 is 0 Å². The van der Waals surface area contributed by atoms with Crippen LogP contribution in [0.25, 0.3) is 0 Å². The topological polar surface area (TPSA) is 0 Å². The van der Waals surface area contributed by atoms with E-state index in [-0.39, 0.29) is 0 Å². The summed E-state index contributed by atoms with van der Waals surface area (Å²) in [6.07, 6.45) is 0.774. The van der Waals surface area contributed by atoms with Gasteiger partial charge in [-0.2, -0.15) is 0 Å². The van der Waals surface area contributed by atoms with E-state index in [0.717, 1.165) is 10.6 Å². The molecule has 4 aromatic carbocycles. The van der Waals surface area contributed by atoms with Crippen molar-refractivity contribution in [3.63, 3.8) is 0 Å². The third kappa shape index (κ3) is 3.54. The summed E-state index contributed by atoms with van der Waals surface area (Å²) in [5, 5.41) is 3.60. The van der Waals surface area contributed by atoms with Crippen LogP contribution in [-0.4, -0.2) is 0 Å². The molecule has 0 N–H and O–H groups in total. The number of aryl methyl sites for hydroxylation is 2. The van der Waals surface area contributed by atoms with Crippen molar-refractivity contribution in [2.24, 2.45) is 0 Å². The Morgan fingerprint density at radius 1 is 0.633 bits per heavy atom. The molecule has 0 aliphatic carbocycles. The van der Waals surface area contributed by atoms with E-state index in [0.29, 0.717) is 0 Å². The fraction of sp³-hybridized carbons (Fsp3) is 0.111. The predicted octanol–water partition coefficient (Wildman–Crippen LogP) is 7.25. The van der Waals surface area contributed by atoms with Crippen molar-refractivity contribution < 1.29 is 0 Å². The van der Waals surface area contributed by atoms with Gasteiger partial charge in [-0.15, -0.1) is 0 Å². The van der Waals surface area contributed by atoms with Gasteiger partial charge < -0.3 is 0 Å². The molecule has 4 aromatic rings. The third-order valence-electron chi connectivity index (χ3n) is 6.00. The van der Waals surface area contributed by atoms with Crippen molar-refractivity contribution in [2.45, 2.75) is 20.0 Å². The van der Waals surface area contributed by atoms with Crippen molar-refractivity contribution in [1.29, 1.82) is 0 Å². The Hall–Kier alpha value is -1.92. The number of hydrogen-bond acceptors (Lipinski definition) is 0. The van der Waals surface area contributed by atoms with E-state index in [2.05, 4.69) is 133 Å². The fourth-order valence-electron chi connectivity index (χ4n) is 4.42. The molecular weight excluding hydrogens is 471 g/mol. The predicted molar refractivity (Wildman–Crippen MR) is 138 cm³/mol. The van der Waals surface area contributed by atoms with Crippen LogP contribution in [0.1, 0.15) is 16.7 Å². The SMILES string of the molecule is Cc1cc(Br)cc(C)c1CP(Cl)(c1ccccc1)(c1ccccc1)c1ccccc1. The molecule has 0 atom stereocenters. The standard InChI is InChI=1S/C27H25BrClP/c1-21-18-23(28)19-22(2)27(21)20-30(29,24-12-6-3-7-13-24,25-14-8-4-9-15-25)26-16-10-5-11-17-26/h3-19H,20H2,1-2H3. The molecule has 3 heteroatoms. The molecule has 0 amide bonds. The van der Waals surface area contributed by atoms with E-state index in [9.17, 15) is 0 Å². The summed E-state index contributed by atoms with van der Waals surface area (Å²) >= 11 is 11.9. The van der Waals surface area contributed by atoms with Gasteiger partial charge in [0.1, 0.15) is 0 Å². The van der Waals surface area contributed by atoms with Gasteiger partial charge in [-0.25, -0.2) is 0 Å². The molecule has 0 nitrogen and oxygen atoms in total. The van der Waals surface area contributed by atoms with Crippen molar-refractivity contribution in [3.05, 3.63) is 124 Å². The maximum absolute atomic E-state index is 8.21. The van der Waals surface area contributed by atoms with Crippen LogP contribution in [0.4, 0.5) is 0 Å². The molecule has 0 radical (unpaired) electrons. The Labute approximate surface area is 192 Å². The van der Waals surface area contributed by atoms with Crippen LogP contribution in [0.15, 0.2) is 108 Å². The van der Waals surface area contributed by atoms with Crippen LogP contribution in [-0.2, 0) is 6.16 Å². The van der Waals surface area contributed by atoms with Gasteiger partial charge in [0.2, 0.25) is 0 Å². The summed E-state index contributed by atoms with van der Waals surface area (Å²) < 4.78 is 1.11. The average Bonchev–Trinajstić information content (AvgIpc) is 2.78. The molecule has 0 unspecified atom stereocenters. The van der Waals surface area contributed by atoms with Crippen LogP contribution >= 0.6 is 33.1 Å². The van der Waals surface area contributed by atoms with Gasteiger partial charge in [0.25, 0.3) is 0 Å². The average molecular weight is 496 g/mol. The van der Waals surface area contributed by atoms with Gasteiger partial charge in [0.15, 0.2) is 0 Å². The van der Waals surface area contributed by atoms with Crippen LogP contribution < -0.4 is 15.9 Å². The molecule has 0 spiro atoms. The first kappa shape index (κ1) is 21.3. The Bertz CT molecular complexity index is 1030. The zero-order valence-corrected chi connectivity index (χ0v) is 20.5. The summed E-state index contributed by atoms with van der Waals surface area (Å²) in [6.45, 7) is 4.37. The molecule has 152 valence electrons. The molecule has 0 bridgehead atoms. The van der Waals surface area contributed by atoms with E-state index < -0.39 is 5.96 Å². The first-order valence-electron chi connectivity index (χ1n) is 10.1. The first-order chi connectivity index (χ1) is 14.4. The molecule has 0 saturated heterocycles. The molecule has 0 aliphatic heterocycles. The molecule has 0 fully saturated rings. The van der Waals surface area contributed by atoms with Crippen LogP contribution in [0.5, 0.6) is 0 Å². The number of halogens is 2. The third-order valence-corrected chi connectivity index (χ3v) is 13.6. The summed E-state index contributed by atoms with van der Waals surface area (Å²) in [6, 6.07) is 36.4. The second-order valence-corrected chi connectivity index (χ2v) is 15.3. The van der Waals surface area contributed by atoms with Gasteiger partial charge in [-0.05, 0) is 0 Å². The van der Waals surface area contributed by atoms with Crippen molar-refractivity contribution >= 4 is 49.0 Å². The summed E-state index contributed by atoms with van der Waals surface area (Å²) in [5.74, 6) is -3.31. The van der Waals surface area contributed by atoms with Crippen LogP contribution in [0, 0.1) is 13.8 Å². The van der Waals surface area contributed by atoms with E-state index in [1.807, 2.05) is 0 Å². The fourth-order valence-corrected chi connectivity index (χ4v) is 11.4. The first-order valence-corrected chi connectivity index (χ1v) is 14.2. The molecule has 0 aliphatic rings. The number of rotatable bonds is 5. The minimum absolute atomic E-state index is 0.774. The minimum atomic E-state index is -3.31. The monoisotopic (exact) mass is 494 g/mol. The van der Waals surface area contributed by atoms with Gasteiger partial charge in [0, 0.05) is 0 Å². The van der Waals surface area contributed by atoms with Gasteiger partial charge in [0.05, 0.1) is 0 Å². The van der Waals surface area contributed by atoms with Crippen LogP contribution in [0.2, 0.25) is 0 Å². The van der Waals surface area contributed by atoms with Gasteiger partial charge in [-0.1, -0.05) is 0 Å². The zero-order chi connectivity index (χ0) is 21.2. The Morgan fingerprint density at radius 3 is 1.30 bits per heavy atom. The molecular formula is C27H25BrClP. The van der Waals surface area contributed by atoms with Crippen molar-refractivity contribution in [2.75, 3.05) is 0 Å². The van der Waals surface area contributed by atoms with Crippen LogP contribution in [0.3, 0.4) is 0 Å². The quantitative estimate of drug-likeness (QED) is 0.256. The van der Waals surface area contributed by atoms with Gasteiger partial charge >= 0.3 is 193 Å². The van der Waals surface area contributed by atoms with Crippen molar-refractivity contribution in [3.8, 4) is 0 Å². The summed E-state index contributed by atoms with van der Waals surface area (Å²) in [7, 11) is 0. The second kappa shape index (κ2) is 8.31. The number of benzene rings is 4.